The molecule has 0 N–H and O–H groups in total. The van der Waals surface area contributed by atoms with Gasteiger partial charge in [0.2, 0.25) is 5.91 Å². The van der Waals surface area contributed by atoms with E-state index in [0.717, 1.165) is 16.8 Å². The highest BCUT2D eigenvalue weighted by molar-refractivity contribution is 6.31. The minimum Gasteiger partial charge on any atom is -0.464 e. The highest BCUT2D eigenvalue weighted by atomic mass is 35.5. The van der Waals surface area contributed by atoms with Crippen molar-refractivity contribution in [3.63, 3.8) is 0 Å². The van der Waals surface area contributed by atoms with E-state index < -0.39 is 5.54 Å². The Kier molecular flexibility index (Phi) is 2.52. The van der Waals surface area contributed by atoms with Crippen LogP contribution in [0.3, 0.4) is 0 Å². The first-order chi connectivity index (χ1) is 10.1. The molecule has 2 heterocycles. The largest absolute Gasteiger partial charge is 0.464 e. The molecule has 0 spiro atoms. The second-order valence-electron chi connectivity index (χ2n) is 5.59. The molecule has 1 aliphatic carbocycles. The van der Waals surface area contributed by atoms with Crippen LogP contribution < -0.4 is 4.90 Å². The van der Waals surface area contributed by atoms with Crippen molar-refractivity contribution >= 4 is 29.2 Å². The number of ether oxygens (including phenoxy) is 1. The summed E-state index contributed by atoms with van der Waals surface area (Å²) in [4.78, 5) is 26.7. The smallest absolute Gasteiger partial charge is 0.337 e. The van der Waals surface area contributed by atoms with E-state index >= 15 is 0 Å². The number of carbonyl (C=O) groups is 2. The first-order valence-electron chi connectivity index (χ1n) is 7.11. The molecule has 21 heavy (non-hydrogen) atoms. The molecule has 0 unspecified atom stereocenters. The number of esters is 1. The molecule has 0 radical (unpaired) electrons. The van der Waals surface area contributed by atoms with Crippen LogP contribution in [0.25, 0.3) is 0 Å². The Morgan fingerprint density at radius 3 is 3.05 bits per heavy atom. The van der Waals surface area contributed by atoms with Crippen LogP contribution in [0.1, 0.15) is 31.2 Å². The zero-order valence-corrected chi connectivity index (χ0v) is 12.3. The van der Waals surface area contributed by atoms with Gasteiger partial charge in [-0.3, -0.25) is 9.69 Å². The number of halogens is 1. The van der Waals surface area contributed by atoms with Crippen LogP contribution in [0.5, 0.6) is 0 Å². The van der Waals surface area contributed by atoms with E-state index in [4.69, 9.17) is 16.3 Å². The SMILES string of the molecule is CCOC(=O)[C@@]12C3=C[C@@H]1c1ccc(Cl)cc1N2C(=O)CC3. The zero-order valence-electron chi connectivity index (χ0n) is 11.6. The summed E-state index contributed by atoms with van der Waals surface area (Å²) >= 11 is 6.08. The molecule has 108 valence electrons. The minimum atomic E-state index is -0.946. The second-order valence-corrected chi connectivity index (χ2v) is 6.03. The fourth-order valence-corrected chi connectivity index (χ4v) is 4.03. The predicted molar refractivity (Wildman–Crippen MR) is 78.4 cm³/mol. The summed E-state index contributed by atoms with van der Waals surface area (Å²) < 4.78 is 5.29. The standard InChI is InChI=1S/C16H14ClNO3/c1-2-21-15(20)16-9-3-6-14(19)18(16)13-8-10(17)4-5-11(13)12(16)7-9/h4-5,7-8,12H,2-3,6H2,1H3/t12-,16-/m1/s1. The molecule has 4 rings (SSSR count). The number of benzene rings is 1. The Morgan fingerprint density at radius 1 is 1.48 bits per heavy atom. The van der Waals surface area contributed by atoms with Crippen LogP contribution in [-0.2, 0) is 14.3 Å². The lowest BCUT2D eigenvalue weighted by Crippen LogP contribution is -2.65. The van der Waals surface area contributed by atoms with Crippen LogP contribution in [0.15, 0.2) is 29.8 Å². The molecule has 1 aromatic carbocycles. The van der Waals surface area contributed by atoms with Gasteiger partial charge in [-0.05, 0) is 36.6 Å². The normalized spacial score (nSPS) is 28.5. The Balaban J connectivity index is 1.94. The van der Waals surface area contributed by atoms with E-state index in [-0.39, 0.29) is 17.8 Å². The van der Waals surface area contributed by atoms with Crippen molar-refractivity contribution in [3.8, 4) is 0 Å². The first-order valence-corrected chi connectivity index (χ1v) is 7.49. The third-order valence-electron chi connectivity index (χ3n) is 4.67. The van der Waals surface area contributed by atoms with Gasteiger partial charge in [-0.15, -0.1) is 0 Å². The average Bonchev–Trinajstić information content (AvgIpc) is 2.68. The van der Waals surface area contributed by atoms with Crippen LogP contribution in [0.2, 0.25) is 5.02 Å². The molecule has 1 amide bonds. The number of fused-ring (bicyclic) bond motifs is 3. The van der Waals surface area contributed by atoms with Crippen molar-refractivity contribution < 1.29 is 14.3 Å². The molecular weight excluding hydrogens is 290 g/mol. The van der Waals surface area contributed by atoms with Gasteiger partial charge in [0.05, 0.1) is 12.3 Å². The molecule has 2 aliphatic heterocycles. The van der Waals surface area contributed by atoms with Crippen molar-refractivity contribution in [2.75, 3.05) is 11.5 Å². The number of piperidine rings is 1. The summed E-state index contributed by atoms with van der Waals surface area (Å²) in [5.41, 5.74) is 1.78. The fraction of sp³-hybridized carbons (Fsp3) is 0.375. The van der Waals surface area contributed by atoms with E-state index in [0.29, 0.717) is 24.5 Å². The number of hydrogen-bond donors (Lipinski definition) is 0. The number of nitrogens with zero attached hydrogens (tertiary/aromatic N) is 1. The minimum absolute atomic E-state index is 0.0362. The highest BCUT2D eigenvalue weighted by Gasteiger charge is 2.67. The van der Waals surface area contributed by atoms with Crippen molar-refractivity contribution in [2.24, 2.45) is 0 Å². The van der Waals surface area contributed by atoms with Crippen LogP contribution in [0.4, 0.5) is 5.69 Å². The van der Waals surface area contributed by atoms with Crippen LogP contribution >= 0.6 is 11.6 Å². The lowest BCUT2D eigenvalue weighted by molar-refractivity contribution is -0.151. The average molecular weight is 304 g/mol. The summed E-state index contributed by atoms with van der Waals surface area (Å²) in [5.74, 6) is -0.471. The highest BCUT2D eigenvalue weighted by Crippen LogP contribution is 2.62. The Morgan fingerprint density at radius 2 is 2.29 bits per heavy atom. The number of anilines is 1. The van der Waals surface area contributed by atoms with Crippen LogP contribution in [0, 0.1) is 0 Å². The molecule has 1 saturated heterocycles. The molecule has 0 bridgehead atoms. The molecular formula is C16H14ClNO3. The maximum absolute atomic E-state index is 12.7. The number of hydrogen-bond acceptors (Lipinski definition) is 3. The van der Waals surface area contributed by atoms with Gasteiger partial charge < -0.3 is 4.74 Å². The van der Waals surface area contributed by atoms with Crippen molar-refractivity contribution in [3.05, 3.63) is 40.4 Å². The number of amides is 1. The van der Waals surface area contributed by atoms with Gasteiger partial charge in [0, 0.05) is 17.4 Å². The van der Waals surface area contributed by atoms with Crippen molar-refractivity contribution in [1.29, 1.82) is 0 Å². The van der Waals surface area contributed by atoms with Gasteiger partial charge in [0.15, 0.2) is 5.54 Å². The molecule has 1 aromatic rings. The molecule has 5 heteroatoms. The summed E-state index contributed by atoms with van der Waals surface area (Å²) in [7, 11) is 0. The Hall–Kier alpha value is -1.81. The van der Waals surface area contributed by atoms with Gasteiger partial charge >= 0.3 is 5.97 Å². The van der Waals surface area contributed by atoms with E-state index in [2.05, 4.69) is 6.08 Å². The molecule has 1 fully saturated rings. The molecule has 3 aliphatic rings. The summed E-state index contributed by atoms with van der Waals surface area (Å²) in [6, 6.07) is 5.47. The first kappa shape index (κ1) is 12.9. The van der Waals surface area contributed by atoms with E-state index in [9.17, 15) is 9.59 Å². The third-order valence-corrected chi connectivity index (χ3v) is 4.91. The van der Waals surface area contributed by atoms with E-state index in [1.54, 1.807) is 24.0 Å². The maximum atomic E-state index is 12.7. The molecule has 2 atom stereocenters. The fourth-order valence-electron chi connectivity index (χ4n) is 3.86. The number of carbonyl (C=O) groups excluding carboxylic acids is 2. The maximum Gasteiger partial charge on any atom is 0.337 e. The second kappa shape index (κ2) is 4.10. The summed E-state index contributed by atoms with van der Waals surface area (Å²) in [5, 5.41) is 0.564. The van der Waals surface area contributed by atoms with E-state index in [1.807, 2.05) is 6.07 Å². The van der Waals surface area contributed by atoms with Crippen molar-refractivity contribution in [2.45, 2.75) is 31.2 Å². The Bertz CT molecular complexity index is 711. The van der Waals surface area contributed by atoms with Gasteiger partial charge in [0.1, 0.15) is 0 Å². The third kappa shape index (κ3) is 1.36. The molecule has 0 saturated carbocycles. The van der Waals surface area contributed by atoms with Crippen molar-refractivity contribution in [1.82, 2.24) is 0 Å². The van der Waals surface area contributed by atoms with Gasteiger partial charge in [0.25, 0.3) is 0 Å². The van der Waals surface area contributed by atoms with Gasteiger partial charge in [-0.2, -0.15) is 0 Å². The monoisotopic (exact) mass is 303 g/mol. The van der Waals surface area contributed by atoms with Crippen LogP contribution in [-0.4, -0.2) is 24.0 Å². The number of rotatable bonds is 2. The topological polar surface area (TPSA) is 46.6 Å². The summed E-state index contributed by atoms with van der Waals surface area (Å²) in [6.45, 7) is 2.09. The molecule has 4 nitrogen and oxygen atoms in total. The Labute approximate surface area is 127 Å². The quantitative estimate of drug-likeness (QED) is 0.623. The van der Waals surface area contributed by atoms with Gasteiger partial charge in [-0.25, -0.2) is 4.79 Å². The summed E-state index contributed by atoms with van der Waals surface area (Å²) in [6.07, 6.45) is 3.15. The zero-order chi connectivity index (χ0) is 14.8. The predicted octanol–water partition coefficient (Wildman–Crippen LogP) is 2.81. The molecule has 0 aromatic heterocycles. The van der Waals surface area contributed by atoms with Gasteiger partial charge in [-0.1, -0.05) is 23.7 Å². The van der Waals surface area contributed by atoms with E-state index in [1.165, 1.54) is 0 Å². The lowest BCUT2D eigenvalue weighted by Gasteiger charge is -2.50. The lowest BCUT2D eigenvalue weighted by atomic mass is 9.63.